The highest BCUT2D eigenvalue weighted by Gasteiger charge is 2.19. The van der Waals surface area contributed by atoms with Gasteiger partial charge in [0.15, 0.2) is 0 Å². The van der Waals surface area contributed by atoms with Gasteiger partial charge in [-0.1, -0.05) is 47.0 Å². The summed E-state index contributed by atoms with van der Waals surface area (Å²) in [6.07, 6.45) is 5.68. The van der Waals surface area contributed by atoms with Crippen LogP contribution in [0.5, 0.6) is 0 Å². The molecular formula is C14H20BrNS. The fourth-order valence-corrected chi connectivity index (χ4v) is 4.52. The number of benzene rings is 1. The summed E-state index contributed by atoms with van der Waals surface area (Å²) >= 11 is 5.65. The van der Waals surface area contributed by atoms with Crippen LogP contribution in [0, 0.1) is 5.92 Å². The first-order valence-corrected chi connectivity index (χ1v) is 8.21. The van der Waals surface area contributed by atoms with Crippen LogP contribution in [0.2, 0.25) is 0 Å². The Hall–Kier alpha value is 0.01000. The van der Waals surface area contributed by atoms with Crippen LogP contribution >= 0.6 is 27.7 Å². The minimum absolute atomic E-state index is 0.436. The van der Waals surface area contributed by atoms with Gasteiger partial charge in [0.1, 0.15) is 0 Å². The predicted molar refractivity (Wildman–Crippen MR) is 80.4 cm³/mol. The molecule has 0 radical (unpaired) electrons. The van der Waals surface area contributed by atoms with Crippen LogP contribution in [-0.2, 0) is 0 Å². The average Bonchev–Trinajstić information content (AvgIpc) is 2.85. The Balaban J connectivity index is 1.94. The number of rotatable bonds is 5. The molecule has 1 fully saturated rings. The number of nitrogens with two attached hydrogens (primary N) is 1. The maximum absolute atomic E-state index is 5.92. The third-order valence-electron chi connectivity index (χ3n) is 3.47. The summed E-state index contributed by atoms with van der Waals surface area (Å²) < 4.78 is 1.19. The maximum atomic E-state index is 5.92. The van der Waals surface area contributed by atoms with Crippen molar-refractivity contribution < 1.29 is 0 Å². The fraction of sp³-hybridized carbons (Fsp3) is 0.571. The molecule has 0 aromatic heterocycles. The second-order valence-corrected chi connectivity index (χ2v) is 6.82. The number of hydrogen-bond donors (Lipinski definition) is 1. The smallest absolute Gasteiger partial charge is 0.0430 e. The molecule has 1 aliphatic carbocycles. The van der Waals surface area contributed by atoms with Crippen LogP contribution in [0.3, 0.4) is 0 Å². The number of thioether (sulfide) groups is 1. The van der Waals surface area contributed by atoms with Gasteiger partial charge >= 0.3 is 0 Å². The van der Waals surface area contributed by atoms with Crippen molar-refractivity contribution in [3.05, 3.63) is 34.3 Å². The van der Waals surface area contributed by atoms with Crippen molar-refractivity contribution >= 4 is 27.7 Å². The lowest BCUT2D eigenvalue weighted by atomic mass is 10.1. The van der Waals surface area contributed by atoms with Crippen LogP contribution in [0.25, 0.3) is 0 Å². The monoisotopic (exact) mass is 313 g/mol. The SMILES string of the molecule is NCC(SCC1CCCC1)c1ccccc1Br. The second-order valence-electron chi connectivity index (χ2n) is 4.73. The Morgan fingerprint density at radius 3 is 2.65 bits per heavy atom. The summed E-state index contributed by atoms with van der Waals surface area (Å²) in [5, 5.41) is 0.436. The van der Waals surface area contributed by atoms with Gasteiger partial charge in [0, 0.05) is 16.3 Å². The van der Waals surface area contributed by atoms with Crippen LogP contribution in [0.15, 0.2) is 28.7 Å². The Bertz CT molecular complexity index is 350. The van der Waals surface area contributed by atoms with Gasteiger partial charge in [0.2, 0.25) is 0 Å². The van der Waals surface area contributed by atoms with E-state index in [9.17, 15) is 0 Å². The molecule has 0 saturated heterocycles. The third kappa shape index (κ3) is 3.73. The molecule has 1 saturated carbocycles. The maximum Gasteiger partial charge on any atom is 0.0430 e. The molecule has 3 heteroatoms. The van der Waals surface area contributed by atoms with Crippen LogP contribution in [0.1, 0.15) is 36.5 Å². The molecule has 1 aromatic rings. The number of hydrogen-bond acceptors (Lipinski definition) is 2. The van der Waals surface area contributed by atoms with E-state index < -0.39 is 0 Å². The van der Waals surface area contributed by atoms with E-state index in [1.807, 2.05) is 11.8 Å². The summed E-state index contributed by atoms with van der Waals surface area (Å²) in [5.74, 6) is 2.19. The zero-order chi connectivity index (χ0) is 12.1. The van der Waals surface area contributed by atoms with Crippen molar-refractivity contribution in [3.8, 4) is 0 Å². The molecule has 1 nitrogen and oxygen atoms in total. The third-order valence-corrected chi connectivity index (χ3v) is 5.71. The molecule has 1 atom stereocenters. The summed E-state index contributed by atoms with van der Waals surface area (Å²) in [4.78, 5) is 0. The Kier molecular flexibility index (Phi) is 5.39. The van der Waals surface area contributed by atoms with Crippen molar-refractivity contribution in [2.45, 2.75) is 30.9 Å². The molecule has 1 aliphatic rings. The van der Waals surface area contributed by atoms with Crippen LogP contribution < -0.4 is 5.73 Å². The van der Waals surface area contributed by atoms with Crippen molar-refractivity contribution in [2.75, 3.05) is 12.3 Å². The molecule has 0 heterocycles. The van der Waals surface area contributed by atoms with Gasteiger partial charge in [0.05, 0.1) is 0 Å². The molecule has 2 rings (SSSR count). The van der Waals surface area contributed by atoms with E-state index in [2.05, 4.69) is 40.2 Å². The molecule has 1 unspecified atom stereocenters. The highest BCUT2D eigenvalue weighted by Crippen LogP contribution is 2.37. The molecule has 0 bridgehead atoms. The zero-order valence-electron chi connectivity index (χ0n) is 10.1. The second kappa shape index (κ2) is 6.81. The molecular weight excluding hydrogens is 294 g/mol. The lowest BCUT2D eigenvalue weighted by molar-refractivity contribution is 0.621. The molecule has 17 heavy (non-hydrogen) atoms. The minimum Gasteiger partial charge on any atom is -0.329 e. The Morgan fingerprint density at radius 2 is 2.00 bits per heavy atom. The molecule has 1 aromatic carbocycles. The van der Waals surface area contributed by atoms with Crippen molar-refractivity contribution in [3.63, 3.8) is 0 Å². The molecule has 0 aliphatic heterocycles. The van der Waals surface area contributed by atoms with Gasteiger partial charge in [-0.05, 0) is 36.1 Å². The van der Waals surface area contributed by atoms with E-state index in [0.29, 0.717) is 5.25 Å². The summed E-state index contributed by atoms with van der Waals surface area (Å²) in [6.45, 7) is 0.722. The fourth-order valence-electron chi connectivity index (χ4n) is 2.45. The zero-order valence-corrected chi connectivity index (χ0v) is 12.5. The van der Waals surface area contributed by atoms with Gasteiger partial charge < -0.3 is 5.73 Å². The quantitative estimate of drug-likeness (QED) is 0.873. The summed E-state index contributed by atoms with van der Waals surface area (Å²) in [6, 6.07) is 8.44. The first-order chi connectivity index (χ1) is 8.31. The van der Waals surface area contributed by atoms with Crippen LogP contribution in [0.4, 0.5) is 0 Å². The highest BCUT2D eigenvalue weighted by molar-refractivity contribution is 9.10. The van der Waals surface area contributed by atoms with E-state index >= 15 is 0 Å². The summed E-state index contributed by atoms with van der Waals surface area (Å²) in [7, 11) is 0. The van der Waals surface area contributed by atoms with Crippen molar-refractivity contribution in [1.82, 2.24) is 0 Å². The molecule has 94 valence electrons. The molecule has 2 N–H and O–H groups in total. The average molecular weight is 314 g/mol. The van der Waals surface area contributed by atoms with E-state index in [1.165, 1.54) is 41.5 Å². The van der Waals surface area contributed by atoms with Crippen molar-refractivity contribution in [2.24, 2.45) is 11.7 Å². The van der Waals surface area contributed by atoms with E-state index in [0.717, 1.165) is 12.5 Å². The first-order valence-electron chi connectivity index (χ1n) is 6.37. The van der Waals surface area contributed by atoms with E-state index in [1.54, 1.807) is 0 Å². The molecule has 0 spiro atoms. The van der Waals surface area contributed by atoms with E-state index in [-0.39, 0.29) is 0 Å². The standard InChI is InChI=1S/C14H20BrNS/c15-13-8-4-3-7-12(13)14(9-16)17-10-11-5-1-2-6-11/h3-4,7-8,11,14H,1-2,5-6,9-10,16H2. The van der Waals surface area contributed by atoms with Crippen molar-refractivity contribution in [1.29, 1.82) is 0 Å². The van der Waals surface area contributed by atoms with E-state index in [4.69, 9.17) is 5.73 Å². The van der Waals surface area contributed by atoms with Gasteiger partial charge in [-0.15, -0.1) is 0 Å². The minimum atomic E-state index is 0.436. The predicted octanol–water partition coefficient (Wildman–Crippen LogP) is 4.37. The lowest BCUT2D eigenvalue weighted by Gasteiger charge is -2.18. The largest absolute Gasteiger partial charge is 0.329 e. The summed E-state index contributed by atoms with van der Waals surface area (Å²) in [5.41, 5.74) is 7.26. The van der Waals surface area contributed by atoms with Gasteiger partial charge in [-0.25, -0.2) is 0 Å². The Morgan fingerprint density at radius 1 is 1.29 bits per heavy atom. The number of halogens is 1. The van der Waals surface area contributed by atoms with Gasteiger partial charge in [-0.2, -0.15) is 11.8 Å². The Labute approximate surface area is 117 Å². The molecule has 0 amide bonds. The van der Waals surface area contributed by atoms with Gasteiger partial charge in [0.25, 0.3) is 0 Å². The topological polar surface area (TPSA) is 26.0 Å². The van der Waals surface area contributed by atoms with Gasteiger partial charge in [-0.3, -0.25) is 0 Å². The normalized spacial score (nSPS) is 18.5. The first kappa shape index (κ1) is 13.4. The van der Waals surface area contributed by atoms with Crippen LogP contribution in [-0.4, -0.2) is 12.3 Å². The lowest BCUT2D eigenvalue weighted by Crippen LogP contribution is -2.12. The highest BCUT2D eigenvalue weighted by atomic mass is 79.9.